The second-order valence-electron chi connectivity index (χ2n) is 4.73. The van der Waals surface area contributed by atoms with Crippen LogP contribution in [0.25, 0.3) is 0 Å². The van der Waals surface area contributed by atoms with Crippen molar-refractivity contribution in [1.82, 2.24) is 15.6 Å². The fourth-order valence-corrected chi connectivity index (χ4v) is 3.13. The lowest BCUT2D eigenvalue weighted by Gasteiger charge is -2.35. The van der Waals surface area contributed by atoms with Gasteiger partial charge in [0.25, 0.3) is 11.8 Å². The zero-order valence-corrected chi connectivity index (χ0v) is 14.9. The summed E-state index contributed by atoms with van der Waals surface area (Å²) in [6, 6.07) is -1.14. The number of ether oxygens (including phenoxy) is 1. The van der Waals surface area contributed by atoms with Crippen molar-refractivity contribution < 1.29 is 36.9 Å². The van der Waals surface area contributed by atoms with Gasteiger partial charge in [0, 0.05) is 12.3 Å². The number of hydrogen-bond acceptors (Lipinski definition) is 10. The molecule has 13 nitrogen and oxygen atoms in total. The number of carbonyl (C=O) groups is 3. The molecule has 0 bridgehead atoms. The average Bonchev–Trinajstić information content (AvgIpc) is 2.95. The lowest BCUT2D eigenvalue weighted by molar-refractivity contribution is -0.163. The molecule has 0 unspecified atom stereocenters. The van der Waals surface area contributed by atoms with Gasteiger partial charge in [-0.15, -0.1) is 11.3 Å². The Labute approximate surface area is 150 Å². The molecule has 0 aliphatic carbocycles. The van der Waals surface area contributed by atoms with Crippen LogP contribution in [0.3, 0.4) is 0 Å². The highest BCUT2D eigenvalue weighted by atomic mass is 32.2. The maximum absolute atomic E-state index is 12.3. The summed E-state index contributed by atoms with van der Waals surface area (Å²) in [5.41, 5.74) is -0.447. The van der Waals surface area contributed by atoms with E-state index in [2.05, 4.69) is 25.6 Å². The van der Waals surface area contributed by atoms with Crippen molar-refractivity contribution in [3.8, 4) is 0 Å². The van der Waals surface area contributed by atoms with Crippen molar-refractivity contribution in [1.29, 1.82) is 0 Å². The molecule has 1 aliphatic rings. The molecule has 0 aromatic carbocycles. The Morgan fingerprint density at radius 3 is 2.69 bits per heavy atom. The van der Waals surface area contributed by atoms with Gasteiger partial charge >= 0.3 is 16.3 Å². The van der Waals surface area contributed by atoms with Gasteiger partial charge in [-0.25, -0.2) is 9.71 Å². The van der Waals surface area contributed by atoms with Crippen LogP contribution in [0.2, 0.25) is 0 Å². The SMILES string of the molecule is CO/N=C(\C(=O)N[C@@H]1C(=O)N[C@H]1OC(C)=O)c1csc(NS(=O)(=O)O)n1. The fourth-order valence-electron chi connectivity index (χ4n) is 1.82. The summed E-state index contributed by atoms with van der Waals surface area (Å²) in [7, 11) is -3.38. The van der Waals surface area contributed by atoms with E-state index in [0.29, 0.717) is 0 Å². The third-order valence-electron chi connectivity index (χ3n) is 2.81. The maximum Gasteiger partial charge on any atom is 0.359 e. The normalized spacial score (nSPS) is 19.8. The van der Waals surface area contributed by atoms with Crippen LogP contribution < -0.4 is 15.4 Å². The van der Waals surface area contributed by atoms with E-state index >= 15 is 0 Å². The summed E-state index contributed by atoms with van der Waals surface area (Å²) in [6.07, 6.45) is -1.03. The van der Waals surface area contributed by atoms with Crippen LogP contribution in [0.1, 0.15) is 12.6 Å². The Balaban J connectivity index is 2.14. The van der Waals surface area contributed by atoms with Crippen LogP contribution in [0.4, 0.5) is 5.13 Å². The predicted molar refractivity (Wildman–Crippen MR) is 86.5 cm³/mol. The van der Waals surface area contributed by atoms with E-state index in [1.807, 2.05) is 0 Å². The zero-order valence-electron chi connectivity index (χ0n) is 13.2. The molecule has 1 aliphatic heterocycles. The first kappa shape index (κ1) is 19.5. The van der Waals surface area contributed by atoms with Crippen molar-refractivity contribution in [3.05, 3.63) is 11.1 Å². The number of amides is 2. The minimum Gasteiger partial charge on any atom is -0.439 e. The van der Waals surface area contributed by atoms with Gasteiger partial charge in [-0.05, 0) is 0 Å². The largest absolute Gasteiger partial charge is 0.439 e. The molecule has 15 heteroatoms. The van der Waals surface area contributed by atoms with Gasteiger partial charge in [0.1, 0.15) is 12.8 Å². The molecule has 1 saturated heterocycles. The van der Waals surface area contributed by atoms with E-state index in [1.54, 1.807) is 4.72 Å². The molecule has 2 atom stereocenters. The highest BCUT2D eigenvalue weighted by Crippen LogP contribution is 2.18. The molecule has 2 heterocycles. The number of nitrogens with one attached hydrogen (secondary N) is 3. The molecule has 0 radical (unpaired) electrons. The Kier molecular flexibility index (Phi) is 5.73. The van der Waals surface area contributed by atoms with E-state index in [1.165, 1.54) is 5.38 Å². The summed E-state index contributed by atoms with van der Waals surface area (Å²) < 4.78 is 36.8. The van der Waals surface area contributed by atoms with Crippen molar-refractivity contribution in [3.63, 3.8) is 0 Å². The van der Waals surface area contributed by atoms with Crippen LogP contribution in [0.5, 0.6) is 0 Å². The van der Waals surface area contributed by atoms with E-state index < -0.39 is 40.4 Å². The number of β-lactam (4-membered cyclic amide) rings is 1. The van der Waals surface area contributed by atoms with Crippen LogP contribution in [-0.4, -0.2) is 60.8 Å². The van der Waals surface area contributed by atoms with Crippen molar-refractivity contribution >= 4 is 50.3 Å². The number of carbonyl (C=O) groups excluding carboxylic acids is 3. The van der Waals surface area contributed by atoms with Crippen molar-refractivity contribution in [2.24, 2.45) is 5.16 Å². The molecule has 0 spiro atoms. The van der Waals surface area contributed by atoms with Crippen molar-refractivity contribution in [2.75, 3.05) is 11.8 Å². The summed E-state index contributed by atoms with van der Waals surface area (Å²) in [6.45, 7) is 1.14. The third-order valence-corrected chi connectivity index (χ3v) is 4.15. The van der Waals surface area contributed by atoms with Gasteiger partial charge < -0.3 is 20.2 Å². The second-order valence-corrected chi connectivity index (χ2v) is 6.74. The molecular formula is C11H13N5O8S2. The number of nitrogens with zero attached hydrogens (tertiary/aromatic N) is 2. The molecular weight excluding hydrogens is 394 g/mol. The van der Waals surface area contributed by atoms with Gasteiger partial charge in [-0.2, -0.15) is 8.42 Å². The molecule has 2 rings (SSSR count). The Hall–Kier alpha value is -2.78. The van der Waals surface area contributed by atoms with Crippen LogP contribution in [0.15, 0.2) is 10.5 Å². The summed E-state index contributed by atoms with van der Waals surface area (Å²) >= 11 is 0.770. The summed E-state index contributed by atoms with van der Waals surface area (Å²) in [4.78, 5) is 43.2. The zero-order chi connectivity index (χ0) is 19.5. The molecule has 1 aromatic heterocycles. The number of oxime groups is 1. The number of rotatable bonds is 7. The standard InChI is InChI=1S/C11H13N5O8S2/c1-4(17)24-10-7(9(19)14-10)13-8(18)6(15-23-2)5-3-25-11(12-5)16-26(20,21)22/h3,7,10H,1-2H3,(H,12,16)(H,13,18)(H,14,19)(H,20,21,22)/b15-6-/t7-,10+/m1/s1. The fraction of sp³-hybridized carbons (Fsp3) is 0.364. The maximum atomic E-state index is 12.3. The van der Waals surface area contributed by atoms with Gasteiger partial charge in [-0.3, -0.25) is 18.9 Å². The lowest BCUT2D eigenvalue weighted by Crippen LogP contribution is -2.70. The minimum absolute atomic E-state index is 0.0794. The Bertz CT molecular complexity index is 864. The van der Waals surface area contributed by atoms with E-state index in [9.17, 15) is 22.8 Å². The Morgan fingerprint density at radius 1 is 1.46 bits per heavy atom. The van der Waals surface area contributed by atoms with E-state index in [4.69, 9.17) is 9.29 Å². The lowest BCUT2D eigenvalue weighted by atomic mass is 10.1. The van der Waals surface area contributed by atoms with E-state index in [0.717, 1.165) is 25.4 Å². The highest BCUT2D eigenvalue weighted by Gasteiger charge is 2.43. The molecule has 26 heavy (non-hydrogen) atoms. The number of thiazole rings is 1. The number of aromatic nitrogens is 1. The topological polar surface area (TPSA) is 185 Å². The summed E-state index contributed by atoms with van der Waals surface area (Å²) in [5, 5.41) is 9.13. The molecule has 2 amide bonds. The van der Waals surface area contributed by atoms with Gasteiger partial charge in [0.15, 0.2) is 16.9 Å². The Morgan fingerprint density at radius 2 is 2.15 bits per heavy atom. The predicted octanol–water partition coefficient (Wildman–Crippen LogP) is -1.79. The van der Waals surface area contributed by atoms with Crippen LogP contribution >= 0.6 is 11.3 Å². The summed E-state index contributed by atoms with van der Waals surface area (Å²) in [5.74, 6) is -2.11. The monoisotopic (exact) mass is 407 g/mol. The van der Waals surface area contributed by atoms with E-state index in [-0.39, 0.29) is 16.5 Å². The molecule has 4 N–H and O–H groups in total. The van der Waals surface area contributed by atoms with Gasteiger partial charge in [0.05, 0.1) is 0 Å². The third kappa shape index (κ3) is 4.87. The van der Waals surface area contributed by atoms with Gasteiger partial charge in [-0.1, -0.05) is 5.16 Å². The molecule has 1 fully saturated rings. The van der Waals surface area contributed by atoms with Crippen LogP contribution in [0, 0.1) is 0 Å². The van der Waals surface area contributed by atoms with Gasteiger partial charge in [0.2, 0.25) is 6.23 Å². The molecule has 142 valence electrons. The molecule has 0 saturated carbocycles. The average molecular weight is 407 g/mol. The first-order chi connectivity index (χ1) is 12.1. The van der Waals surface area contributed by atoms with Crippen LogP contribution in [-0.2, 0) is 34.3 Å². The number of hydrogen-bond donors (Lipinski definition) is 4. The van der Waals surface area contributed by atoms with Crippen molar-refractivity contribution in [2.45, 2.75) is 19.2 Å². The number of anilines is 1. The first-order valence-electron chi connectivity index (χ1n) is 6.71. The quantitative estimate of drug-likeness (QED) is 0.133. The number of esters is 1. The molecule has 1 aromatic rings. The highest BCUT2D eigenvalue weighted by molar-refractivity contribution is 7.87. The first-order valence-corrected chi connectivity index (χ1v) is 9.03. The second kappa shape index (κ2) is 7.63. The smallest absolute Gasteiger partial charge is 0.359 e. The minimum atomic E-state index is -4.54.